The molecule has 0 radical (unpaired) electrons. The van der Waals surface area contributed by atoms with Crippen LogP contribution in [0, 0.1) is 0 Å². The molecule has 9 heteroatoms. The van der Waals surface area contributed by atoms with Crippen molar-refractivity contribution in [3.63, 3.8) is 0 Å². The van der Waals surface area contributed by atoms with Crippen molar-refractivity contribution in [1.29, 1.82) is 0 Å². The molecule has 1 aromatic carbocycles. The van der Waals surface area contributed by atoms with Gasteiger partial charge in [0.1, 0.15) is 0 Å². The van der Waals surface area contributed by atoms with Crippen LogP contribution in [-0.4, -0.2) is 49.4 Å². The van der Waals surface area contributed by atoms with Gasteiger partial charge in [0.25, 0.3) is 10.0 Å². The smallest absolute Gasteiger partial charge is 0.260 e. The molecule has 1 unspecified atom stereocenters. The quantitative estimate of drug-likeness (QED) is 0.880. The summed E-state index contributed by atoms with van der Waals surface area (Å²) in [7, 11) is -7.25. The number of hydrogen-bond acceptors (Lipinski definition) is 5. The lowest BCUT2D eigenvalue weighted by Crippen LogP contribution is -2.32. The van der Waals surface area contributed by atoms with Crippen LogP contribution in [0.2, 0.25) is 0 Å². The summed E-state index contributed by atoms with van der Waals surface area (Å²) in [5.41, 5.74) is 0. The number of rotatable bonds is 4. The monoisotopic (exact) mass is 341 g/mol. The Balaban J connectivity index is 1.84. The van der Waals surface area contributed by atoms with E-state index in [1.54, 1.807) is 18.2 Å². The van der Waals surface area contributed by atoms with Crippen LogP contribution in [0.1, 0.15) is 6.42 Å². The van der Waals surface area contributed by atoms with Gasteiger partial charge in [0.15, 0.2) is 14.9 Å². The molecule has 22 heavy (non-hydrogen) atoms. The number of aromatic amines is 1. The van der Waals surface area contributed by atoms with E-state index in [0.29, 0.717) is 0 Å². The zero-order valence-electron chi connectivity index (χ0n) is 11.6. The molecule has 0 spiro atoms. The van der Waals surface area contributed by atoms with Crippen molar-refractivity contribution >= 4 is 19.9 Å². The van der Waals surface area contributed by atoms with Crippen LogP contribution in [0.5, 0.6) is 0 Å². The fourth-order valence-corrected chi connectivity index (χ4v) is 5.70. The summed E-state index contributed by atoms with van der Waals surface area (Å²) in [4.78, 5) is 6.47. The van der Waals surface area contributed by atoms with Crippen LogP contribution in [-0.2, 0) is 19.9 Å². The van der Waals surface area contributed by atoms with Gasteiger partial charge >= 0.3 is 0 Å². The number of nitrogens with zero attached hydrogens (tertiary/aromatic N) is 2. The normalized spacial score (nSPS) is 20.3. The molecule has 0 amide bonds. The van der Waals surface area contributed by atoms with E-state index in [1.165, 1.54) is 29.0 Å². The van der Waals surface area contributed by atoms with Crippen LogP contribution in [0.25, 0.3) is 0 Å². The number of hydrogen-bond donors (Lipinski definition) is 1. The average molecular weight is 341 g/mol. The second-order valence-corrected chi connectivity index (χ2v) is 9.18. The van der Waals surface area contributed by atoms with Crippen molar-refractivity contribution in [2.45, 2.75) is 21.6 Å². The molecule has 1 aliphatic heterocycles. The minimum absolute atomic E-state index is 0.0229. The predicted molar refractivity (Wildman–Crippen MR) is 79.4 cm³/mol. The highest BCUT2D eigenvalue weighted by Crippen LogP contribution is 2.27. The predicted octanol–water partition coefficient (Wildman–Crippen LogP) is 0.647. The zero-order chi connectivity index (χ0) is 15.8. The maximum atomic E-state index is 12.6. The summed E-state index contributed by atoms with van der Waals surface area (Å²) in [6, 6.07) is 8.10. The van der Waals surface area contributed by atoms with Crippen molar-refractivity contribution < 1.29 is 16.8 Å². The molecule has 3 rings (SSSR count). The Morgan fingerprint density at radius 2 is 1.86 bits per heavy atom. The number of sulfonamides is 1. The Morgan fingerprint density at radius 1 is 1.14 bits per heavy atom. The van der Waals surface area contributed by atoms with E-state index in [-0.39, 0.29) is 29.4 Å². The van der Waals surface area contributed by atoms with Crippen LogP contribution >= 0.6 is 0 Å². The third-order valence-corrected chi connectivity index (χ3v) is 7.69. The highest BCUT2D eigenvalue weighted by Gasteiger charge is 2.39. The SMILES string of the molecule is O=S(=O)(c1ccccc1)C1CCN(S(=O)(=O)c2cnc[nH]2)C1. The lowest BCUT2D eigenvalue weighted by Gasteiger charge is -2.15. The van der Waals surface area contributed by atoms with Gasteiger partial charge in [-0.25, -0.2) is 21.8 Å². The molecule has 7 nitrogen and oxygen atoms in total. The Labute approximate surface area is 129 Å². The van der Waals surface area contributed by atoms with E-state index in [9.17, 15) is 16.8 Å². The molecule has 1 atom stereocenters. The van der Waals surface area contributed by atoms with Crippen LogP contribution < -0.4 is 0 Å². The number of aromatic nitrogens is 2. The third-order valence-electron chi connectivity index (χ3n) is 3.71. The van der Waals surface area contributed by atoms with Crippen molar-refractivity contribution in [3.05, 3.63) is 42.9 Å². The highest BCUT2D eigenvalue weighted by molar-refractivity contribution is 7.92. The molecule has 1 N–H and O–H groups in total. The number of H-pyrrole nitrogens is 1. The van der Waals surface area contributed by atoms with E-state index in [0.717, 1.165) is 0 Å². The Bertz CT molecular complexity index is 846. The number of benzene rings is 1. The van der Waals surface area contributed by atoms with Gasteiger partial charge in [-0.2, -0.15) is 4.31 Å². The molecule has 1 aromatic heterocycles. The second-order valence-electron chi connectivity index (χ2n) is 5.05. The molecule has 0 bridgehead atoms. The first-order valence-corrected chi connectivity index (χ1v) is 9.68. The van der Waals surface area contributed by atoms with Crippen molar-refractivity contribution in [3.8, 4) is 0 Å². The molecular weight excluding hydrogens is 326 g/mol. The van der Waals surface area contributed by atoms with E-state index >= 15 is 0 Å². The Morgan fingerprint density at radius 3 is 2.50 bits per heavy atom. The number of sulfone groups is 1. The van der Waals surface area contributed by atoms with Gasteiger partial charge in [0, 0.05) is 13.1 Å². The fraction of sp³-hybridized carbons (Fsp3) is 0.308. The molecule has 0 saturated carbocycles. The summed E-state index contributed by atoms with van der Waals surface area (Å²) in [5, 5.41) is -0.752. The van der Waals surface area contributed by atoms with Crippen LogP contribution in [0.3, 0.4) is 0 Å². The first-order valence-electron chi connectivity index (χ1n) is 6.70. The van der Waals surface area contributed by atoms with Gasteiger partial charge in [0.2, 0.25) is 0 Å². The molecule has 1 saturated heterocycles. The summed E-state index contributed by atoms with van der Waals surface area (Å²) >= 11 is 0. The standard InChI is InChI=1S/C13H15N3O4S2/c17-21(18,11-4-2-1-3-5-11)12-6-7-16(9-12)22(19,20)13-8-14-10-15-13/h1-5,8,10,12H,6-7,9H2,(H,14,15). The van der Waals surface area contributed by atoms with E-state index in [1.807, 2.05) is 0 Å². The lowest BCUT2D eigenvalue weighted by molar-refractivity contribution is 0.474. The first-order chi connectivity index (χ1) is 10.4. The summed E-state index contributed by atoms with van der Waals surface area (Å²) < 4.78 is 51.0. The summed E-state index contributed by atoms with van der Waals surface area (Å²) in [5.74, 6) is 0. The zero-order valence-corrected chi connectivity index (χ0v) is 13.2. The molecule has 1 fully saturated rings. The summed E-state index contributed by atoms with van der Waals surface area (Å²) in [6.45, 7) is 0.136. The molecular formula is C13H15N3O4S2. The second kappa shape index (κ2) is 5.49. The van der Waals surface area contributed by atoms with E-state index < -0.39 is 25.1 Å². The topological polar surface area (TPSA) is 100 Å². The Kier molecular flexibility index (Phi) is 3.79. The van der Waals surface area contributed by atoms with E-state index in [2.05, 4.69) is 9.97 Å². The van der Waals surface area contributed by atoms with Crippen molar-refractivity contribution in [2.75, 3.05) is 13.1 Å². The molecule has 2 heterocycles. The van der Waals surface area contributed by atoms with Gasteiger partial charge in [-0.05, 0) is 18.6 Å². The molecule has 2 aromatic rings. The van der Waals surface area contributed by atoms with Gasteiger partial charge in [-0.3, -0.25) is 0 Å². The molecule has 0 aliphatic carbocycles. The summed E-state index contributed by atoms with van der Waals surface area (Å²) in [6.07, 6.45) is 2.78. The average Bonchev–Trinajstić information content (AvgIpc) is 3.20. The molecule has 118 valence electrons. The fourth-order valence-electron chi connectivity index (χ4n) is 2.50. The number of imidazole rings is 1. The van der Waals surface area contributed by atoms with Crippen molar-refractivity contribution in [2.24, 2.45) is 0 Å². The lowest BCUT2D eigenvalue weighted by atomic mass is 10.4. The molecule has 1 aliphatic rings. The maximum Gasteiger partial charge on any atom is 0.260 e. The van der Waals surface area contributed by atoms with Crippen LogP contribution in [0.15, 0.2) is 52.8 Å². The Hall–Kier alpha value is -1.71. The van der Waals surface area contributed by atoms with Gasteiger partial charge in [-0.15, -0.1) is 0 Å². The van der Waals surface area contributed by atoms with Gasteiger partial charge < -0.3 is 4.98 Å². The van der Waals surface area contributed by atoms with Gasteiger partial charge in [-0.1, -0.05) is 18.2 Å². The number of nitrogens with one attached hydrogen (secondary N) is 1. The maximum absolute atomic E-state index is 12.6. The minimum Gasteiger partial charge on any atom is -0.335 e. The first kappa shape index (κ1) is 15.2. The minimum atomic E-state index is -3.72. The third kappa shape index (κ3) is 2.55. The van der Waals surface area contributed by atoms with E-state index in [4.69, 9.17) is 0 Å². The van der Waals surface area contributed by atoms with Crippen LogP contribution in [0.4, 0.5) is 0 Å². The van der Waals surface area contributed by atoms with Crippen molar-refractivity contribution in [1.82, 2.24) is 14.3 Å². The largest absolute Gasteiger partial charge is 0.335 e. The highest BCUT2D eigenvalue weighted by atomic mass is 32.2. The van der Waals surface area contributed by atoms with Gasteiger partial charge in [0.05, 0.1) is 22.7 Å².